The van der Waals surface area contributed by atoms with Crippen LogP contribution >= 0.6 is 15.9 Å². The summed E-state index contributed by atoms with van der Waals surface area (Å²) in [6.45, 7) is 1.57. The molecule has 0 unspecified atom stereocenters. The van der Waals surface area contributed by atoms with Crippen molar-refractivity contribution in [2.45, 2.75) is 25.1 Å². The van der Waals surface area contributed by atoms with Crippen LogP contribution in [0.2, 0.25) is 0 Å². The largest absolute Gasteiger partial charge is 0.228 e. The number of halogens is 2. The van der Waals surface area contributed by atoms with Gasteiger partial charge in [0.15, 0.2) is 5.25 Å². The Morgan fingerprint density at radius 3 is 2.67 bits per heavy atom. The molecule has 0 aliphatic carbocycles. The van der Waals surface area contributed by atoms with Crippen molar-refractivity contribution in [2.75, 3.05) is 0 Å². The Morgan fingerprint density at radius 2 is 2.17 bits per heavy atom. The molecule has 0 radical (unpaired) electrons. The standard InChI is InChI=1S/C11H12BrFN2O2S/c1-2-11(6-14)18(16,17)15-7-8-3-9(12)5-10(13)4-8/h3-5,11,15H,2,7H2,1H3/t11-/m0/s1. The van der Waals surface area contributed by atoms with E-state index < -0.39 is 21.1 Å². The molecule has 0 saturated carbocycles. The molecule has 0 bridgehead atoms. The van der Waals surface area contributed by atoms with Crippen LogP contribution in [0.4, 0.5) is 4.39 Å². The lowest BCUT2D eigenvalue weighted by Crippen LogP contribution is -2.32. The Morgan fingerprint density at radius 1 is 1.50 bits per heavy atom. The van der Waals surface area contributed by atoms with Crippen molar-refractivity contribution in [2.24, 2.45) is 0 Å². The van der Waals surface area contributed by atoms with Crippen LogP contribution in [0.15, 0.2) is 22.7 Å². The lowest BCUT2D eigenvalue weighted by molar-refractivity contribution is 0.571. The normalized spacial score (nSPS) is 13.0. The Balaban J connectivity index is 2.79. The SMILES string of the molecule is CC[C@@H](C#N)S(=O)(=O)NCc1cc(F)cc(Br)c1. The molecule has 0 amide bonds. The number of nitrogens with one attached hydrogen (secondary N) is 1. The molecule has 1 N–H and O–H groups in total. The first kappa shape index (κ1) is 15.1. The third kappa shape index (κ3) is 4.05. The molecule has 1 aromatic carbocycles. The molecule has 0 fully saturated rings. The van der Waals surface area contributed by atoms with E-state index in [0.717, 1.165) is 0 Å². The monoisotopic (exact) mass is 334 g/mol. The second-order valence-corrected chi connectivity index (χ2v) is 6.53. The van der Waals surface area contributed by atoms with E-state index in [4.69, 9.17) is 5.26 Å². The van der Waals surface area contributed by atoms with Gasteiger partial charge >= 0.3 is 0 Å². The third-order valence-corrected chi connectivity index (χ3v) is 4.48. The van der Waals surface area contributed by atoms with Gasteiger partial charge in [0.2, 0.25) is 10.0 Å². The highest BCUT2D eigenvalue weighted by Crippen LogP contribution is 2.15. The van der Waals surface area contributed by atoms with Crippen LogP contribution in [0, 0.1) is 17.1 Å². The molecule has 0 aliphatic heterocycles. The van der Waals surface area contributed by atoms with E-state index in [1.54, 1.807) is 19.1 Å². The summed E-state index contributed by atoms with van der Waals surface area (Å²) in [5, 5.41) is 7.62. The zero-order chi connectivity index (χ0) is 13.8. The minimum Gasteiger partial charge on any atom is -0.211 e. The number of nitriles is 1. The Labute approximate surface area is 114 Å². The number of hydrogen-bond donors (Lipinski definition) is 1. The highest BCUT2D eigenvalue weighted by molar-refractivity contribution is 9.10. The Kier molecular flexibility index (Phi) is 5.26. The van der Waals surface area contributed by atoms with Crippen LogP contribution in [0.5, 0.6) is 0 Å². The highest BCUT2D eigenvalue weighted by atomic mass is 79.9. The van der Waals surface area contributed by atoms with Gasteiger partial charge in [-0.3, -0.25) is 0 Å². The summed E-state index contributed by atoms with van der Waals surface area (Å²) in [5.74, 6) is -0.453. The van der Waals surface area contributed by atoms with Gasteiger partial charge < -0.3 is 0 Å². The van der Waals surface area contributed by atoms with E-state index in [1.807, 2.05) is 0 Å². The summed E-state index contributed by atoms with van der Waals surface area (Å²) < 4.78 is 39.3. The lowest BCUT2D eigenvalue weighted by Gasteiger charge is -2.10. The summed E-state index contributed by atoms with van der Waals surface area (Å²) in [6.07, 6.45) is 0.207. The molecule has 4 nitrogen and oxygen atoms in total. The van der Waals surface area contributed by atoms with Gasteiger partial charge in [-0.1, -0.05) is 22.9 Å². The van der Waals surface area contributed by atoms with E-state index >= 15 is 0 Å². The maximum Gasteiger partial charge on any atom is 0.228 e. The number of rotatable bonds is 5. The zero-order valence-electron chi connectivity index (χ0n) is 9.65. The molecule has 1 aromatic rings. The van der Waals surface area contributed by atoms with Crippen molar-refractivity contribution in [3.63, 3.8) is 0 Å². The molecular formula is C11H12BrFN2O2S. The van der Waals surface area contributed by atoms with Gasteiger partial charge in [0.05, 0.1) is 6.07 Å². The number of hydrogen-bond acceptors (Lipinski definition) is 3. The second kappa shape index (κ2) is 6.27. The molecule has 18 heavy (non-hydrogen) atoms. The Hall–Kier alpha value is -0.970. The summed E-state index contributed by atoms with van der Waals surface area (Å²) in [7, 11) is -3.70. The maximum atomic E-state index is 13.1. The van der Waals surface area contributed by atoms with Crippen molar-refractivity contribution >= 4 is 26.0 Å². The summed E-state index contributed by atoms with van der Waals surface area (Å²) >= 11 is 3.12. The highest BCUT2D eigenvalue weighted by Gasteiger charge is 2.22. The van der Waals surface area contributed by atoms with Crippen LogP contribution in [-0.2, 0) is 16.6 Å². The average molecular weight is 335 g/mol. The molecule has 0 spiro atoms. The fourth-order valence-corrected chi connectivity index (χ4v) is 3.04. The summed E-state index contributed by atoms with van der Waals surface area (Å²) in [4.78, 5) is 0. The van der Waals surface area contributed by atoms with Crippen molar-refractivity contribution < 1.29 is 12.8 Å². The van der Waals surface area contributed by atoms with Crippen molar-refractivity contribution in [3.05, 3.63) is 34.1 Å². The van der Waals surface area contributed by atoms with E-state index in [-0.39, 0.29) is 13.0 Å². The Bertz CT molecular complexity index is 549. The van der Waals surface area contributed by atoms with Crippen LogP contribution < -0.4 is 4.72 Å². The van der Waals surface area contributed by atoms with E-state index in [1.165, 1.54) is 12.1 Å². The van der Waals surface area contributed by atoms with Crippen molar-refractivity contribution in [1.82, 2.24) is 4.72 Å². The molecule has 1 atom stereocenters. The topological polar surface area (TPSA) is 70.0 Å². The van der Waals surface area contributed by atoms with E-state index in [0.29, 0.717) is 10.0 Å². The van der Waals surface area contributed by atoms with Gasteiger partial charge in [0.1, 0.15) is 5.82 Å². The van der Waals surface area contributed by atoms with E-state index in [2.05, 4.69) is 20.7 Å². The first-order valence-electron chi connectivity index (χ1n) is 5.22. The fraction of sp³-hybridized carbons (Fsp3) is 0.364. The van der Waals surface area contributed by atoms with E-state index in [9.17, 15) is 12.8 Å². The molecule has 0 aliphatic rings. The van der Waals surface area contributed by atoms with Gasteiger partial charge in [-0.15, -0.1) is 0 Å². The molecule has 7 heteroatoms. The molecular weight excluding hydrogens is 323 g/mol. The first-order chi connectivity index (χ1) is 8.39. The first-order valence-corrected chi connectivity index (χ1v) is 7.56. The molecule has 98 valence electrons. The van der Waals surface area contributed by atoms with Gasteiger partial charge in [-0.25, -0.2) is 17.5 Å². The number of nitrogens with zero attached hydrogens (tertiary/aromatic N) is 1. The van der Waals surface area contributed by atoms with Crippen LogP contribution in [0.25, 0.3) is 0 Å². The maximum absolute atomic E-state index is 13.1. The minimum atomic E-state index is -3.70. The minimum absolute atomic E-state index is 0.0448. The quantitative estimate of drug-likeness (QED) is 0.898. The molecule has 0 aromatic heterocycles. The molecule has 0 saturated heterocycles. The smallest absolute Gasteiger partial charge is 0.211 e. The third-order valence-electron chi connectivity index (χ3n) is 2.29. The fourth-order valence-electron chi connectivity index (χ4n) is 1.38. The zero-order valence-corrected chi connectivity index (χ0v) is 12.1. The van der Waals surface area contributed by atoms with Gasteiger partial charge in [0, 0.05) is 11.0 Å². The second-order valence-electron chi connectivity index (χ2n) is 3.67. The van der Waals surface area contributed by atoms with Gasteiger partial charge in [-0.2, -0.15) is 5.26 Å². The number of benzene rings is 1. The van der Waals surface area contributed by atoms with Crippen molar-refractivity contribution in [3.8, 4) is 6.07 Å². The summed E-state index contributed by atoms with van der Waals surface area (Å²) in [6, 6.07) is 5.84. The molecule has 0 heterocycles. The van der Waals surface area contributed by atoms with Crippen molar-refractivity contribution in [1.29, 1.82) is 5.26 Å². The average Bonchev–Trinajstić information content (AvgIpc) is 2.26. The molecule has 1 rings (SSSR count). The van der Waals surface area contributed by atoms with Crippen LogP contribution in [-0.4, -0.2) is 13.7 Å². The van der Waals surface area contributed by atoms with Crippen LogP contribution in [0.1, 0.15) is 18.9 Å². The van der Waals surface area contributed by atoms with Gasteiger partial charge in [0.25, 0.3) is 0 Å². The predicted molar refractivity (Wildman–Crippen MR) is 69.6 cm³/mol. The van der Waals surface area contributed by atoms with Crippen LogP contribution in [0.3, 0.4) is 0 Å². The lowest BCUT2D eigenvalue weighted by atomic mass is 10.2. The number of sulfonamides is 1. The summed E-state index contributed by atoms with van der Waals surface area (Å²) in [5.41, 5.74) is 0.484. The predicted octanol–water partition coefficient (Wildman–Crippen LogP) is 2.31. The van der Waals surface area contributed by atoms with Gasteiger partial charge in [-0.05, 0) is 30.2 Å².